The summed E-state index contributed by atoms with van der Waals surface area (Å²) in [6.45, 7) is 0. The van der Waals surface area contributed by atoms with Crippen molar-refractivity contribution in [2.24, 2.45) is 0 Å². The molecule has 22 heavy (non-hydrogen) atoms. The Bertz CT molecular complexity index is 1020. The molecule has 0 fully saturated rings. The Kier molecular flexibility index (Phi) is 2.53. The van der Waals surface area contributed by atoms with Crippen LogP contribution in [0.1, 0.15) is 0 Å². The fourth-order valence-electron chi connectivity index (χ4n) is 2.91. The van der Waals surface area contributed by atoms with Crippen LogP contribution in [-0.2, 0) is 0 Å². The zero-order valence-corrected chi connectivity index (χ0v) is 11.5. The number of H-pyrrole nitrogens is 1. The summed E-state index contributed by atoms with van der Waals surface area (Å²) in [6, 6.07) is 14.1. The molecule has 0 saturated heterocycles. The van der Waals surface area contributed by atoms with E-state index >= 15 is 0 Å². The Hall–Kier alpha value is -3.14. The van der Waals surface area contributed by atoms with Crippen molar-refractivity contribution in [3.05, 3.63) is 54.7 Å². The highest BCUT2D eigenvalue weighted by molar-refractivity contribution is 6.08. The van der Waals surface area contributed by atoms with Gasteiger partial charge in [-0.15, -0.1) is 0 Å². The molecule has 1 heterocycles. The van der Waals surface area contributed by atoms with Crippen molar-refractivity contribution in [3.63, 3.8) is 0 Å². The first kappa shape index (κ1) is 12.6. The quantitative estimate of drug-likeness (QED) is 0.399. The SMILES string of the molecule is Oc1ccc2[nH]cc(-c3c(O)c(O)cc4ccccc34)c2c1. The summed E-state index contributed by atoms with van der Waals surface area (Å²) in [4.78, 5) is 3.12. The summed E-state index contributed by atoms with van der Waals surface area (Å²) < 4.78 is 0. The second-order valence-corrected chi connectivity index (χ2v) is 5.27. The Morgan fingerprint density at radius 1 is 0.818 bits per heavy atom. The molecule has 0 atom stereocenters. The monoisotopic (exact) mass is 291 g/mol. The van der Waals surface area contributed by atoms with Crippen LogP contribution in [0.5, 0.6) is 17.2 Å². The van der Waals surface area contributed by atoms with Crippen molar-refractivity contribution in [1.82, 2.24) is 4.98 Å². The Labute approximate surface area is 125 Å². The molecule has 0 saturated carbocycles. The number of hydrogen-bond donors (Lipinski definition) is 4. The Morgan fingerprint density at radius 3 is 2.50 bits per heavy atom. The lowest BCUT2D eigenvalue weighted by molar-refractivity contribution is 0.406. The van der Waals surface area contributed by atoms with Crippen molar-refractivity contribution in [1.29, 1.82) is 0 Å². The van der Waals surface area contributed by atoms with Gasteiger partial charge in [-0.3, -0.25) is 0 Å². The molecular weight excluding hydrogens is 278 g/mol. The predicted octanol–water partition coefficient (Wildman–Crippen LogP) is 4.10. The Morgan fingerprint density at radius 2 is 1.64 bits per heavy atom. The number of aromatic hydroxyl groups is 3. The van der Waals surface area contributed by atoms with E-state index < -0.39 is 0 Å². The molecule has 4 rings (SSSR count). The molecule has 0 bridgehead atoms. The van der Waals surface area contributed by atoms with Gasteiger partial charge in [0.15, 0.2) is 11.5 Å². The summed E-state index contributed by atoms with van der Waals surface area (Å²) >= 11 is 0. The average molecular weight is 291 g/mol. The van der Waals surface area contributed by atoms with Gasteiger partial charge in [0.05, 0.1) is 0 Å². The van der Waals surface area contributed by atoms with Crippen LogP contribution < -0.4 is 0 Å². The third-order valence-electron chi connectivity index (χ3n) is 3.94. The zero-order chi connectivity index (χ0) is 15.3. The van der Waals surface area contributed by atoms with Gasteiger partial charge in [-0.1, -0.05) is 24.3 Å². The molecule has 0 aliphatic carbocycles. The summed E-state index contributed by atoms with van der Waals surface area (Å²) in [5.74, 6) is -0.177. The van der Waals surface area contributed by atoms with E-state index in [1.165, 1.54) is 0 Å². The lowest BCUT2D eigenvalue weighted by atomic mass is 9.96. The van der Waals surface area contributed by atoms with Gasteiger partial charge in [-0.2, -0.15) is 0 Å². The predicted molar refractivity (Wildman–Crippen MR) is 86.2 cm³/mol. The number of aromatic amines is 1. The van der Waals surface area contributed by atoms with Crippen LogP contribution in [0.4, 0.5) is 0 Å². The first-order valence-corrected chi connectivity index (χ1v) is 6.89. The summed E-state index contributed by atoms with van der Waals surface area (Å²) in [6.07, 6.45) is 1.77. The number of phenols is 3. The molecule has 4 nitrogen and oxygen atoms in total. The largest absolute Gasteiger partial charge is 0.508 e. The number of rotatable bonds is 1. The zero-order valence-electron chi connectivity index (χ0n) is 11.5. The third-order valence-corrected chi connectivity index (χ3v) is 3.94. The third kappa shape index (κ3) is 1.71. The highest BCUT2D eigenvalue weighted by Gasteiger charge is 2.17. The van der Waals surface area contributed by atoms with Gasteiger partial charge in [0.25, 0.3) is 0 Å². The molecule has 4 N–H and O–H groups in total. The average Bonchev–Trinajstić information content (AvgIpc) is 2.91. The van der Waals surface area contributed by atoms with Crippen LogP contribution in [0.15, 0.2) is 54.7 Å². The number of fused-ring (bicyclic) bond motifs is 2. The number of nitrogens with one attached hydrogen (secondary N) is 1. The molecule has 0 unspecified atom stereocenters. The lowest BCUT2D eigenvalue weighted by Crippen LogP contribution is -1.83. The maximum atomic E-state index is 10.4. The molecule has 4 heteroatoms. The first-order valence-electron chi connectivity index (χ1n) is 6.89. The molecule has 3 aromatic carbocycles. The molecule has 0 amide bonds. The molecule has 0 spiro atoms. The second-order valence-electron chi connectivity index (χ2n) is 5.27. The highest BCUT2D eigenvalue weighted by Crippen LogP contribution is 2.45. The van der Waals surface area contributed by atoms with Gasteiger partial charge in [-0.05, 0) is 35.0 Å². The molecule has 0 radical (unpaired) electrons. The van der Waals surface area contributed by atoms with E-state index in [0.29, 0.717) is 5.56 Å². The van der Waals surface area contributed by atoms with Gasteiger partial charge >= 0.3 is 0 Å². The van der Waals surface area contributed by atoms with E-state index in [2.05, 4.69) is 4.98 Å². The summed E-state index contributed by atoms with van der Waals surface area (Å²) in [5, 5.41) is 32.6. The number of benzene rings is 3. The van der Waals surface area contributed by atoms with E-state index in [4.69, 9.17) is 0 Å². The fourth-order valence-corrected chi connectivity index (χ4v) is 2.91. The van der Waals surface area contributed by atoms with E-state index in [1.54, 1.807) is 30.5 Å². The lowest BCUT2D eigenvalue weighted by Gasteiger charge is -2.10. The molecule has 0 aliphatic rings. The molecule has 4 aromatic rings. The maximum absolute atomic E-state index is 10.4. The van der Waals surface area contributed by atoms with Crippen molar-refractivity contribution >= 4 is 21.7 Å². The van der Waals surface area contributed by atoms with Gasteiger partial charge in [0.2, 0.25) is 0 Å². The molecule has 0 aliphatic heterocycles. The summed E-state index contributed by atoms with van der Waals surface area (Å²) in [5.41, 5.74) is 2.13. The normalized spacial score (nSPS) is 11.3. The maximum Gasteiger partial charge on any atom is 0.166 e. The molecule has 1 aromatic heterocycles. The van der Waals surface area contributed by atoms with Crippen molar-refractivity contribution < 1.29 is 15.3 Å². The van der Waals surface area contributed by atoms with Gasteiger partial charge in [-0.25, -0.2) is 0 Å². The highest BCUT2D eigenvalue weighted by atomic mass is 16.3. The van der Waals surface area contributed by atoms with Crippen LogP contribution in [-0.4, -0.2) is 20.3 Å². The van der Waals surface area contributed by atoms with Gasteiger partial charge in [0.1, 0.15) is 5.75 Å². The van der Waals surface area contributed by atoms with Crippen molar-refractivity contribution in [2.45, 2.75) is 0 Å². The van der Waals surface area contributed by atoms with Crippen LogP contribution in [0.25, 0.3) is 32.8 Å². The van der Waals surface area contributed by atoms with Crippen LogP contribution in [0.3, 0.4) is 0 Å². The number of phenolic OH excluding ortho intramolecular Hbond substituents is 3. The van der Waals surface area contributed by atoms with Gasteiger partial charge < -0.3 is 20.3 Å². The Balaban J connectivity index is 2.16. The van der Waals surface area contributed by atoms with Crippen LogP contribution in [0, 0.1) is 0 Å². The number of hydrogen-bond acceptors (Lipinski definition) is 3. The number of aromatic nitrogens is 1. The van der Waals surface area contributed by atoms with Crippen LogP contribution in [0.2, 0.25) is 0 Å². The van der Waals surface area contributed by atoms with Crippen LogP contribution >= 0.6 is 0 Å². The smallest absolute Gasteiger partial charge is 0.166 e. The minimum absolute atomic E-state index is 0.150. The standard InChI is InChI=1S/C18H13NO3/c20-11-5-6-15-13(8-11)14(9-19-15)17-12-4-2-1-3-10(12)7-16(21)18(17)22/h1-9,19-22H. The fraction of sp³-hybridized carbons (Fsp3) is 0. The van der Waals surface area contributed by atoms with Gasteiger partial charge in [0, 0.05) is 28.2 Å². The van der Waals surface area contributed by atoms with Crippen molar-refractivity contribution in [2.75, 3.05) is 0 Å². The summed E-state index contributed by atoms with van der Waals surface area (Å²) in [7, 11) is 0. The first-order chi connectivity index (χ1) is 10.6. The van der Waals surface area contributed by atoms with E-state index in [9.17, 15) is 15.3 Å². The second kappa shape index (κ2) is 4.43. The molecule has 108 valence electrons. The topological polar surface area (TPSA) is 76.5 Å². The van der Waals surface area contributed by atoms with Crippen molar-refractivity contribution in [3.8, 4) is 28.4 Å². The van der Waals surface area contributed by atoms with E-state index in [-0.39, 0.29) is 17.2 Å². The minimum atomic E-state index is -0.164. The minimum Gasteiger partial charge on any atom is -0.508 e. The van der Waals surface area contributed by atoms with E-state index in [0.717, 1.165) is 27.2 Å². The molecular formula is C18H13NO3. The van der Waals surface area contributed by atoms with E-state index in [1.807, 2.05) is 24.3 Å².